The molecule has 0 aliphatic carbocycles. The van der Waals surface area contributed by atoms with Crippen molar-refractivity contribution in [2.75, 3.05) is 27.2 Å². The molecule has 1 aliphatic rings. The van der Waals surface area contributed by atoms with E-state index in [2.05, 4.69) is 18.7 Å². The van der Waals surface area contributed by atoms with Crippen LogP contribution in [0, 0.1) is 0 Å². The van der Waals surface area contributed by atoms with Crippen LogP contribution in [-0.4, -0.2) is 55.2 Å². The SMILES string of the molecule is CC(C)=C1N(C(C)C)CCCN(C)S(=O)(=O)N1C. The molecule has 1 saturated heterocycles. The number of hydrogen-bond acceptors (Lipinski definition) is 3. The standard InChI is InChI=1S/C12H25N3O2S/c1-10(2)12-14(6)18(16,17)13(5)8-7-9-15(12)11(3)4/h11H,7-9H2,1-6H3. The Balaban J connectivity index is 3.29. The Morgan fingerprint density at radius 2 is 1.72 bits per heavy atom. The molecule has 0 aromatic carbocycles. The van der Waals surface area contributed by atoms with Crippen LogP contribution in [0.5, 0.6) is 0 Å². The molecule has 1 fully saturated rings. The van der Waals surface area contributed by atoms with Crippen LogP contribution in [0.25, 0.3) is 0 Å². The van der Waals surface area contributed by atoms with Crippen LogP contribution < -0.4 is 0 Å². The second-order valence-electron chi connectivity index (χ2n) is 5.26. The third-order valence-corrected chi connectivity index (χ3v) is 5.09. The van der Waals surface area contributed by atoms with Gasteiger partial charge in [-0.15, -0.1) is 0 Å². The van der Waals surface area contributed by atoms with Gasteiger partial charge >= 0.3 is 10.2 Å². The molecule has 0 atom stereocenters. The van der Waals surface area contributed by atoms with Crippen LogP contribution in [0.1, 0.15) is 34.1 Å². The van der Waals surface area contributed by atoms with Gasteiger partial charge in [-0.25, -0.2) is 4.31 Å². The summed E-state index contributed by atoms with van der Waals surface area (Å²) in [4.78, 5) is 2.17. The van der Waals surface area contributed by atoms with E-state index < -0.39 is 10.2 Å². The van der Waals surface area contributed by atoms with Crippen LogP contribution in [0.2, 0.25) is 0 Å². The lowest BCUT2D eigenvalue weighted by Gasteiger charge is -2.40. The number of hydrogen-bond donors (Lipinski definition) is 0. The minimum Gasteiger partial charge on any atom is -0.355 e. The van der Waals surface area contributed by atoms with Crippen LogP contribution in [0.3, 0.4) is 0 Å². The zero-order valence-corrected chi connectivity index (χ0v) is 13.1. The van der Waals surface area contributed by atoms with Gasteiger partial charge in [-0.1, -0.05) is 0 Å². The summed E-state index contributed by atoms with van der Waals surface area (Å²) in [5.41, 5.74) is 1.02. The van der Waals surface area contributed by atoms with Gasteiger partial charge in [0.25, 0.3) is 0 Å². The molecule has 6 heteroatoms. The summed E-state index contributed by atoms with van der Waals surface area (Å²) in [6.45, 7) is 9.54. The molecule has 18 heavy (non-hydrogen) atoms. The van der Waals surface area contributed by atoms with Crippen molar-refractivity contribution in [2.24, 2.45) is 0 Å². The monoisotopic (exact) mass is 275 g/mol. The third kappa shape index (κ3) is 2.80. The Morgan fingerprint density at radius 3 is 2.17 bits per heavy atom. The van der Waals surface area contributed by atoms with E-state index in [1.807, 2.05) is 13.8 Å². The fourth-order valence-corrected chi connectivity index (χ4v) is 3.57. The van der Waals surface area contributed by atoms with Crippen LogP contribution >= 0.6 is 0 Å². The number of nitrogens with zero attached hydrogens (tertiary/aromatic N) is 3. The van der Waals surface area contributed by atoms with E-state index in [1.54, 1.807) is 14.1 Å². The summed E-state index contributed by atoms with van der Waals surface area (Å²) in [5.74, 6) is 0.802. The first-order valence-electron chi connectivity index (χ1n) is 6.34. The first-order valence-corrected chi connectivity index (χ1v) is 7.73. The van der Waals surface area contributed by atoms with E-state index in [0.29, 0.717) is 6.54 Å². The maximum atomic E-state index is 12.4. The van der Waals surface area contributed by atoms with E-state index in [9.17, 15) is 8.42 Å². The van der Waals surface area contributed by atoms with Crippen LogP contribution in [0.15, 0.2) is 11.4 Å². The first-order chi connectivity index (χ1) is 8.19. The van der Waals surface area contributed by atoms with Crippen LogP contribution in [0.4, 0.5) is 0 Å². The quantitative estimate of drug-likeness (QED) is 0.728. The normalized spacial score (nSPS) is 22.1. The molecule has 5 nitrogen and oxygen atoms in total. The lowest BCUT2D eigenvalue weighted by Crippen LogP contribution is -2.49. The number of allylic oxidation sites excluding steroid dienone is 1. The molecule has 0 amide bonds. The molecule has 0 saturated carbocycles. The molecule has 106 valence electrons. The topological polar surface area (TPSA) is 43.9 Å². The summed E-state index contributed by atoms with van der Waals surface area (Å²) in [7, 11) is -0.121. The molecule has 0 aromatic heterocycles. The minimum absolute atomic E-state index is 0.288. The summed E-state index contributed by atoms with van der Waals surface area (Å²) in [6.07, 6.45) is 0.846. The number of rotatable bonds is 1. The molecule has 1 aliphatic heterocycles. The van der Waals surface area contributed by atoms with Gasteiger partial charge in [0.05, 0.1) is 0 Å². The van der Waals surface area contributed by atoms with E-state index in [-0.39, 0.29) is 6.04 Å². The second-order valence-corrected chi connectivity index (χ2v) is 7.33. The second kappa shape index (κ2) is 5.48. The van der Waals surface area contributed by atoms with Gasteiger partial charge in [-0.05, 0) is 39.7 Å². The minimum atomic E-state index is -3.39. The van der Waals surface area contributed by atoms with Crippen molar-refractivity contribution >= 4 is 10.2 Å². The summed E-state index contributed by atoms with van der Waals surface area (Å²) in [5, 5.41) is 0. The molecule has 0 unspecified atom stereocenters. The Hall–Kier alpha value is -0.750. The van der Waals surface area contributed by atoms with Crippen molar-refractivity contribution < 1.29 is 8.42 Å². The van der Waals surface area contributed by atoms with Crippen molar-refractivity contribution in [1.29, 1.82) is 0 Å². The maximum absolute atomic E-state index is 12.4. The van der Waals surface area contributed by atoms with Gasteiger partial charge in [-0.3, -0.25) is 0 Å². The fraction of sp³-hybridized carbons (Fsp3) is 0.833. The van der Waals surface area contributed by atoms with Crippen molar-refractivity contribution in [1.82, 2.24) is 13.5 Å². The molecule has 0 bridgehead atoms. The van der Waals surface area contributed by atoms with Crippen LogP contribution in [-0.2, 0) is 10.2 Å². The van der Waals surface area contributed by atoms with Gasteiger partial charge in [0.1, 0.15) is 5.82 Å². The summed E-state index contributed by atoms with van der Waals surface area (Å²) < 4.78 is 27.5. The van der Waals surface area contributed by atoms with Gasteiger partial charge in [0.15, 0.2) is 0 Å². The van der Waals surface area contributed by atoms with Crippen molar-refractivity contribution in [3.8, 4) is 0 Å². The first kappa shape index (κ1) is 15.3. The molecule has 0 aromatic rings. The molecule has 0 spiro atoms. The smallest absolute Gasteiger partial charge is 0.304 e. The largest absolute Gasteiger partial charge is 0.355 e. The molecule has 0 radical (unpaired) electrons. The van der Waals surface area contributed by atoms with Crippen molar-refractivity contribution in [3.63, 3.8) is 0 Å². The molecule has 1 rings (SSSR count). The Kier molecular flexibility index (Phi) is 4.66. The van der Waals surface area contributed by atoms with E-state index >= 15 is 0 Å². The highest BCUT2D eigenvalue weighted by Crippen LogP contribution is 2.24. The van der Waals surface area contributed by atoms with E-state index in [1.165, 1.54) is 8.61 Å². The average Bonchev–Trinajstić information content (AvgIpc) is 2.24. The Labute approximate surface area is 111 Å². The Bertz CT molecular complexity index is 425. The predicted molar refractivity (Wildman–Crippen MR) is 74.1 cm³/mol. The van der Waals surface area contributed by atoms with Gasteiger partial charge in [0.2, 0.25) is 0 Å². The van der Waals surface area contributed by atoms with E-state index in [4.69, 9.17) is 0 Å². The zero-order chi connectivity index (χ0) is 14.1. The highest BCUT2D eigenvalue weighted by molar-refractivity contribution is 7.86. The van der Waals surface area contributed by atoms with Gasteiger partial charge in [-0.2, -0.15) is 12.7 Å². The summed E-state index contributed by atoms with van der Waals surface area (Å²) in [6, 6.07) is 0.288. The fourth-order valence-electron chi connectivity index (χ4n) is 2.29. The Morgan fingerprint density at radius 1 is 1.17 bits per heavy atom. The average molecular weight is 275 g/mol. The summed E-state index contributed by atoms with van der Waals surface area (Å²) >= 11 is 0. The molecular formula is C12H25N3O2S. The van der Waals surface area contributed by atoms with Crippen molar-refractivity contribution in [2.45, 2.75) is 40.2 Å². The zero-order valence-electron chi connectivity index (χ0n) is 12.3. The highest BCUT2D eigenvalue weighted by Gasteiger charge is 2.31. The molecular weight excluding hydrogens is 250 g/mol. The molecule has 0 N–H and O–H groups in total. The highest BCUT2D eigenvalue weighted by atomic mass is 32.2. The van der Waals surface area contributed by atoms with Gasteiger partial charge < -0.3 is 4.90 Å². The lowest BCUT2D eigenvalue weighted by molar-refractivity contribution is 0.209. The van der Waals surface area contributed by atoms with Crippen molar-refractivity contribution in [3.05, 3.63) is 11.4 Å². The lowest BCUT2D eigenvalue weighted by atomic mass is 10.2. The maximum Gasteiger partial charge on any atom is 0.304 e. The van der Waals surface area contributed by atoms with Gasteiger partial charge in [0, 0.05) is 33.2 Å². The van der Waals surface area contributed by atoms with E-state index in [0.717, 1.165) is 24.4 Å². The third-order valence-electron chi connectivity index (χ3n) is 3.25. The molecule has 1 heterocycles. The predicted octanol–water partition coefficient (Wildman–Crippen LogP) is 1.46.